The predicted molar refractivity (Wildman–Crippen MR) is 86.1 cm³/mol. The Labute approximate surface area is 130 Å². The summed E-state index contributed by atoms with van der Waals surface area (Å²) >= 11 is 5.84. The van der Waals surface area contributed by atoms with Gasteiger partial charge in [-0.25, -0.2) is 0 Å². The molecule has 1 unspecified atom stereocenters. The zero-order chi connectivity index (χ0) is 15.3. The summed E-state index contributed by atoms with van der Waals surface area (Å²) in [6, 6.07) is 14.7. The largest absolute Gasteiger partial charge is 0.457 e. The van der Waals surface area contributed by atoms with Gasteiger partial charge in [0.15, 0.2) is 0 Å². The normalized spacial score (nSPS) is 13.7. The highest BCUT2D eigenvalue weighted by molar-refractivity contribution is 6.30. The van der Waals surface area contributed by atoms with Gasteiger partial charge >= 0.3 is 0 Å². The molecular weight excluding hydrogens is 286 g/mol. The van der Waals surface area contributed by atoms with E-state index < -0.39 is 5.60 Å². The average Bonchev–Trinajstić information content (AvgIpc) is 2.48. The van der Waals surface area contributed by atoms with Crippen LogP contribution in [0.3, 0.4) is 0 Å². The number of nitrogens with one attached hydrogen (secondary N) is 1. The molecule has 2 rings (SSSR count). The molecule has 2 N–H and O–H groups in total. The van der Waals surface area contributed by atoms with Gasteiger partial charge < -0.3 is 15.2 Å². The third-order valence-electron chi connectivity index (χ3n) is 3.39. The monoisotopic (exact) mass is 305 g/mol. The van der Waals surface area contributed by atoms with Gasteiger partial charge in [-0.3, -0.25) is 0 Å². The molecule has 0 spiro atoms. The zero-order valence-corrected chi connectivity index (χ0v) is 13.0. The minimum Gasteiger partial charge on any atom is -0.457 e. The van der Waals surface area contributed by atoms with Crippen LogP contribution in [0.2, 0.25) is 5.02 Å². The topological polar surface area (TPSA) is 41.5 Å². The molecule has 0 radical (unpaired) electrons. The SMILES string of the molecule is CNCCC(C)(O)c1ccc(Oc2ccc(Cl)cc2)cc1. The van der Waals surface area contributed by atoms with Crippen molar-refractivity contribution in [2.24, 2.45) is 0 Å². The fourth-order valence-electron chi connectivity index (χ4n) is 2.03. The quantitative estimate of drug-likeness (QED) is 0.849. The van der Waals surface area contributed by atoms with E-state index in [-0.39, 0.29) is 0 Å². The van der Waals surface area contributed by atoms with E-state index in [0.29, 0.717) is 11.4 Å². The molecule has 0 aliphatic rings. The first-order chi connectivity index (χ1) is 10.0. The Morgan fingerprint density at radius 2 is 1.57 bits per heavy atom. The number of ether oxygens (including phenoxy) is 1. The second-order valence-electron chi connectivity index (χ2n) is 5.21. The molecule has 0 amide bonds. The van der Waals surface area contributed by atoms with E-state index in [0.717, 1.165) is 23.6 Å². The van der Waals surface area contributed by atoms with Crippen LogP contribution in [0.25, 0.3) is 0 Å². The molecule has 4 heteroatoms. The number of aliphatic hydroxyl groups is 1. The van der Waals surface area contributed by atoms with Crippen molar-refractivity contribution in [3.05, 3.63) is 59.1 Å². The first kappa shape index (κ1) is 15.8. The predicted octanol–water partition coefficient (Wildman–Crippen LogP) is 3.95. The van der Waals surface area contributed by atoms with Crippen LogP contribution in [0.15, 0.2) is 48.5 Å². The summed E-state index contributed by atoms with van der Waals surface area (Å²) in [5.41, 5.74) is 0.0307. The number of hydrogen-bond acceptors (Lipinski definition) is 3. The second kappa shape index (κ2) is 6.94. The summed E-state index contributed by atoms with van der Waals surface area (Å²) in [7, 11) is 1.87. The summed E-state index contributed by atoms with van der Waals surface area (Å²) < 4.78 is 5.73. The van der Waals surface area contributed by atoms with Crippen molar-refractivity contribution < 1.29 is 9.84 Å². The first-order valence-electron chi connectivity index (χ1n) is 6.92. The Morgan fingerprint density at radius 1 is 1.05 bits per heavy atom. The molecule has 112 valence electrons. The van der Waals surface area contributed by atoms with Gasteiger partial charge in [-0.1, -0.05) is 23.7 Å². The third-order valence-corrected chi connectivity index (χ3v) is 3.64. The van der Waals surface area contributed by atoms with Crippen molar-refractivity contribution in [2.45, 2.75) is 18.9 Å². The molecule has 3 nitrogen and oxygen atoms in total. The number of rotatable bonds is 6. The van der Waals surface area contributed by atoms with Crippen LogP contribution >= 0.6 is 11.6 Å². The maximum absolute atomic E-state index is 10.4. The van der Waals surface area contributed by atoms with Crippen molar-refractivity contribution in [3.8, 4) is 11.5 Å². The molecule has 0 saturated carbocycles. The van der Waals surface area contributed by atoms with Crippen LogP contribution in [0, 0.1) is 0 Å². The van der Waals surface area contributed by atoms with Crippen molar-refractivity contribution in [3.63, 3.8) is 0 Å². The fraction of sp³-hybridized carbons (Fsp3) is 0.294. The second-order valence-corrected chi connectivity index (χ2v) is 5.64. The number of halogens is 1. The van der Waals surface area contributed by atoms with Gasteiger partial charge in [0.25, 0.3) is 0 Å². The first-order valence-corrected chi connectivity index (χ1v) is 7.30. The molecule has 21 heavy (non-hydrogen) atoms. The summed E-state index contributed by atoms with van der Waals surface area (Å²) in [5, 5.41) is 14.2. The van der Waals surface area contributed by atoms with Crippen LogP contribution in [0.1, 0.15) is 18.9 Å². The third kappa shape index (κ3) is 4.46. The van der Waals surface area contributed by atoms with Crippen LogP contribution in [-0.4, -0.2) is 18.7 Å². The van der Waals surface area contributed by atoms with Crippen molar-refractivity contribution >= 4 is 11.6 Å². The fourth-order valence-corrected chi connectivity index (χ4v) is 2.16. The number of benzene rings is 2. The van der Waals surface area contributed by atoms with Crippen molar-refractivity contribution in [2.75, 3.05) is 13.6 Å². The Kier molecular flexibility index (Phi) is 5.23. The van der Waals surface area contributed by atoms with Gasteiger partial charge in [0.1, 0.15) is 11.5 Å². The van der Waals surface area contributed by atoms with Crippen LogP contribution in [0.4, 0.5) is 0 Å². The lowest BCUT2D eigenvalue weighted by molar-refractivity contribution is 0.0485. The van der Waals surface area contributed by atoms with Gasteiger partial charge in [0.05, 0.1) is 5.60 Å². The zero-order valence-electron chi connectivity index (χ0n) is 12.3. The highest BCUT2D eigenvalue weighted by Gasteiger charge is 2.22. The Hall–Kier alpha value is -1.55. The van der Waals surface area contributed by atoms with Gasteiger partial charge in [-0.05, 0) is 68.9 Å². The van der Waals surface area contributed by atoms with Crippen LogP contribution < -0.4 is 10.1 Å². The molecule has 2 aromatic carbocycles. The average molecular weight is 306 g/mol. The molecule has 0 aliphatic carbocycles. The van der Waals surface area contributed by atoms with E-state index in [2.05, 4.69) is 5.32 Å². The van der Waals surface area contributed by atoms with E-state index >= 15 is 0 Å². The maximum atomic E-state index is 10.4. The molecule has 0 fully saturated rings. The molecule has 0 aromatic heterocycles. The van der Waals surface area contributed by atoms with Gasteiger partial charge in [-0.15, -0.1) is 0 Å². The van der Waals surface area contributed by atoms with E-state index in [1.165, 1.54) is 0 Å². The summed E-state index contributed by atoms with van der Waals surface area (Å²) in [6.45, 7) is 2.58. The molecule has 1 atom stereocenters. The lowest BCUT2D eigenvalue weighted by Gasteiger charge is -2.24. The lowest BCUT2D eigenvalue weighted by Crippen LogP contribution is -2.26. The molecule has 0 bridgehead atoms. The highest BCUT2D eigenvalue weighted by atomic mass is 35.5. The van der Waals surface area contributed by atoms with Gasteiger partial charge in [0, 0.05) is 5.02 Å². The number of hydrogen-bond donors (Lipinski definition) is 2. The summed E-state index contributed by atoms with van der Waals surface area (Å²) in [6.07, 6.45) is 0.654. The van der Waals surface area contributed by atoms with Crippen molar-refractivity contribution in [1.29, 1.82) is 0 Å². The van der Waals surface area contributed by atoms with E-state index in [4.69, 9.17) is 16.3 Å². The smallest absolute Gasteiger partial charge is 0.127 e. The van der Waals surface area contributed by atoms with Crippen molar-refractivity contribution in [1.82, 2.24) is 5.32 Å². The van der Waals surface area contributed by atoms with E-state index in [9.17, 15) is 5.11 Å². The van der Waals surface area contributed by atoms with Crippen LogP contribution in [0.5, 0.6) is 11.5 Å². The highest BCUT2D eigenvalue weighted by Crippen LogP contribution is 2.28. The molecule has 0 heterocycles. The Balaban J connectivity index is 2.06. The molecule has 0 saturated heterocycles. The van der Waals surface area contributed by atoms with E-state index in [1.54, 1.807) is 12.1 Å². The lowest BCUT2D eigenvalue weighted by atomic mass is 9.92. The minimum absolute atomic E-state index is 0.654. The molecule has 0 aliphatic heterocycles. The minimum atomic E-state index is -0.845. The Bertz CT molecular complexity index is 564. The maximum Gasteiger partial charge on any atom is 0.127 e. The van der Waals surface area contributed by atoms with E-state index in [1.807, 2.05) is 50.4 Å². The molecular formula is C17H20ClNO2. The summed E-state index contributed by atoms with van der Waals surface area (Å²) in [5.74, 6) is 1.46. The standard InChI is InChI=1S/C17H20ClNO2/c1-17(20,11-12-19-2)13-3-7-15(8-4-13)21-16-9-5-14(18)6-10-16/h3-10,19-20H,11-12H2,1-2H3. The Morgan fingerprint density at radius 3 is 2.10 bits per heavy atom. The van der Waals surface area contributed by atoms with Crippen LogP contribution in [-0.2, 0) is 5.60 Å². The van der Waals surface area contributed by atoms with Gasteiger partial charge in [0.2, 0.25) is 0 Å². The molecule has 2 aromatic rings. The summed E-state index contributed by atoms with van der Waals surface area (Å²) in [4.78, 5) is 0. The van der Waals surface area contributed by atoms with Gasteiger partial charge in [-0.2, -0.15) is 0 Å².